The molecule has 0 aliphatic rings. The molecule has 2 rings (SSSR count). The van der Waals surface area contributed by atoms with Crippen LogP contribution in [0.3, 0.4) is 0 Å². The van der Waals surface area contributed by atoms with Gasteiger partial charge in [-0.05, 0) is 24.6 Å². The van der Waals surface area contributed by atoms with Gasteiger partial charge in [0.15, 0.2) is 11.6 Å². The summed E-state index contributed by atoms with van der Waals surface area (Å²) in [6.45, 7) is 3.91. The molecule has 1 atom stereocenters. The number of phenols is 1. The lowest BCUT2D eigenvalue weighted by Gasteiger charge is -2.15. The summed E-state index contributed by atoms with van der Waals surface area (Å²) in [5.74, 6) is -0.433. The van der Waals surface area contributed by atoms with Crippen LogP contribution < -0.4 is 5.32 Å². The lowest BCUT2D eigenvalue weighted by molar-refractivity contribution is -0.122. The predicted molar refractivity (Wildman–Crippen MR) is 76.2 cm³/mol. The van der Waals surface area contributed by atoms with Crippen LogP contribution in [-0.2, 0) is 17.8 Å². The highest BCUT2D eigenvalue weighted by Gasteiger charge is 2.13. The topological polar surface area (TPSA) is 67.2 Å². The third-order valence-corrected chi connectivity index (χ3v) is 3.28. The number of halogens is 1. The molecular weight excluding hydrogens is 273 g/mol. The molecule has 6 heteroatoms. The van der Waals surface area contributed by atoms with Gasteiger partial charge in [-0.25, -0.2) is 9.37 Å². The zero-order valence-corrected chi connectivity index (χ0v) is 12.0. The van der Waals surface area contributed by atoms with Crippen molar-refractivity contribution in [1.29, 1.82) is 0 Å². The van der Waals surface area contributed by atoms with E-state index in [0.29, 0.717) is 5.56 Å². The van der Waals surface area contributed by atoms with Crippen molar-refractivity contribution in [3.8, 4) is 5.75 Å². The predicted octanol–water partition coefficient (Wildman–Crippen LogP) is 2.17. The lowest BCUT2D eigenvalue weighted by Crippen LogP contribution is -2.30. The maximum absolute atomic E-state index is 13.3. The van der Waals surface area contributed by atoms with Gasteiger partial charge in [0.25, 0.3) is 0 Å². The van der Waals surface area contributed by atoms with Crippen molar-refractivity contribution < 1.29 is 14.3 Å². The van der Waals surface area contributed by atoms with E-state index >= 15 is 0 Å². The molecule has 0 saturated carbocycles. The van der Waals surface area contributed by atoms with E-state index < -0.39 is 11.6 Å². The van der Waals surface area contributed by atoms with E-state index in [4.69, 9.17) is 5.11 Å². The first kappa shape index (κ1) is 15.0. The van der Waals surface area contributed by atoms with Gasteiger partial charge in [-0.3, -0.25) is 4.79 Å². The largest absolute Gasteiger partial charge is 0.505 e. The number of phenolic OH excluding ortho intramolecular Hbond substituents is 1. The SMILES string of the molecule is CCc1nccn1CC(=O)N[C@@H](C)c1ccc(O)c(F)c1. The molecule has 1 aromatic carbocycles. The van der Waals surface area contributed by atoms with Crippen LogP contribution in [0.4, 0.5) is 4.39 Å². The van der Waals surface area contributed by atoms with E-state index in [1.54, 1.807) is 30.0 Å². The van der Waals surface area contributed by atoms with Crippen molar-refractivity contribution in [3.05, 3.63) is 47.8 Å². The average molecular weight is 291 g/mol. The molecule has 0 unspecified atom stereocenters. The third kappa shape index (κ3) is 3.59. The maximum atomic E-state index is 13.3. The summed E-state index contributed by atoms with van der Waals surface area (Å²) >= 11 is 0. The summed E-state index contributed by atoms with van der Waals surface area (Å²) < 4.78 is 15.1. The van der Waals surface area contributed by atoms with Crippen molar-refractivity contribution >= 4 is 5.91 Å². The highest BCUT2D eigenvalue weighted by atomic mass is 19.1. The van der Waals surface area contributed by atoms with E-state index in [-0.39, 0.29) is 18.5 Å². The van der Waals surface area contributed by atoms with Crippen molar-refractivity contribution in [2.24, 2.45) is 0 Å². The van der Waals surface area contributed by atoms with E-state index in [9.17, 15) is 9.18 Å². The Balaban J connectivity index is 2.00. The summed E-state index contributed by atoms with van der Waals surface area (Å²) in [4.78, 5) is 16.2. The number of hydrogen-bond donors (Lipinski definition) is 2. The van der Waals surface area contributed by atoms with Gasteiger partial charge in [-0.1, -0.05) is 13.0 Å². The summed E-state index contributed by atoms with van der Waals surface area (Å²) in [5, 5.41) is 12.0. The molecule has 112 valence electrons. The Kier molecular flexibility index (Phi) is 4.57. The summed E-state index contributed by atoms with van der Waals surface area (Å²) in [7, 11) is 0. The minimum Gasteiger partial charge on any atom is -0.505 e. The Morgan fingerprint density at radius 2 is 2.29 bits per heavy atom. The van der Waals surface area contributed by atoms with Gasteiger partial charge in [0.1, 0.15) is 12.4 Å². The molecule has 2 aromatic rings. The Morgan fingerprint density at radius 3 is 2.95 bits per heavy atom. The van der Waals surface area contributed by atoms with Gasteiger partial charge < -0.3 is 15.0 Å². The third-order valence-electron chi connectivity index (χ3n) is 3.28. The van der Waals surface area contributed by atoms with Crippen LogP contribution in [0.25, 0.3) is 0 Å². The second kappa shape index (κ2) is 6.39. The zero-order chi connectivity index (χ0) is 15.4. The molecule has 0 radical (unpaired) electrons. The van der Waals surface area contributed by atoms with Crippen LogP contribution in [0.15, 0.2) is 30.6 Å². The van der Waals surface area contributed by atoms with Crippen LogP contribution in [0.5, 0.6) is 5.75 Å². The first-order valence-electron chi connectivity index (χ1n) is 6.79. The number of amides is 1. The molecule has 1 amide bonds. The first-order valence-corrected chi connectivity index (χ1v) is 6.79. The maximum Gasteiger partial charge on any atom is 0.240 e. The number of aromatic nitrogens is 2. The second-order valence-electron chi connectivity index (χ2n) is 4.82. The molecule has 0 saturated heterocycles. The van der Waals surface area contributed by atoms with Crippen molar-refractivity contribution in [1.82, 2.24) is 14.9 Å². The fourth-order valence-corrected chi connectivity index (χ4v) is 2.12. The molecule has 1 heterocycles. The van der Waals surface area contributed by atoms with E-state index in [0.717, 1.165) is 12.2 Å². The van der Waals surface area contributed by atoms with E-state index in [1.807, 2.05) is 6.92 Å². The zero-order valence-electron chi connectivity index (χ0n) is 12.0. The summed E-state index contributed by atoms with van der Waals surface area (Å²) in [6, 6.07) is 3.73. The quantitative estimate of drug-likeness (QED) is 0.887. The van der Waals surface area contributed by atoms with E-state index in [2.05, 4.69) is 10.3 Å². The molecule has 0 aliphatic heterocycles. The number of aromatic hydroxyl groups is 1. The lowest BCUT2D eigenvalue weighted by atomic mass is 10.1. The molecular formula is C15H18FN3O2. The van der Waals surface area contributed by atoms with Crippen LogP contribution in [0.2, 0.25) is 0 Å². The number of nitrogens with zero attached hydrogens (tertiary/aromatic N) is 2. The second-order valence-corrected chi connectivity index (χ2v) is 4.82. The van der Waals surface area contributed by atoms with Gasteiger partial charge in [-0.2, -0.15) is 0 Å². The highest BCUT2D eigenvalue weighted by molar-refractivity contribution is 5.76. The molecule has 0 spiro atoms. The molecule has 5 nitrogen and oxygen atoms in total. The van der Waals surface area contributed by atoms with Crippen molar-refractivity contribution in [3.63, 3.8) is 0 Å². The minimum absolute atomic E-state index is 0.175. The number of carbonyl (C=O) groups excluding carboxylic acids is 1. The van der Waals surface area contributed by atoms with Crippen LogP contribution in [0.1, 0.15) is 31.3 Å². The number of imidazole rings is 1. The van der Waals surface area contributed by atoms with Gasteiger partial charge in [0, 0.05) is 18.8 Å². The Bertz CT molecular complexity index is 640. The Labute approximate surface area is 122 Å². The normalized spacial score (nSPS) is 12.1. The van der Waals surface area contributed by atoms with E-state index in [1.165, 1.54) is 12.1 Å². The summed E-state index contributed by atoms with van der Waals surface area (Å²) in [6.07, 6.45) is 4.16. The summed E-state index contributed by atoms with van der Waals surface area (Å²) in [5.41, 5.74) is 0.597. The fourth-order valence-electron chi connectivity index (χ4n) is 2.12. The van der Waals surface area contributed by atoms with Crippen LogP contribution >= 0.6 is 0 Å². The monoisotopic (exact) mass is 291 g/mol. The molecule has 2 N–H and O–H groups in total. The molecule has 0 aliphatic carbocycles. The van der Waals surface area contributed by atoms with Crippen molar-refractivity contribution in [2.45, 2.75) is 32.9 Å². The standard InChI is InChI=1S/C15H18FN3O2/c1-3-14-17-6-7-19(14)9-15(21)18-10(2)11-4-5-13(20)12(16)8-11/h4-8,10,20H,3,9H2,1-2H3,(H,18,21)/t10-/m0/s1. The number of benzene rings is 1. The van der Waals surface area contributed by atoms with Crippen molar-refractivity contribution in [2.75, 3.05) is 0 Å². The first-order chi connectivity index (χ1) is 10.0. The van der Waals surface area contributed by atoms with Crippen LogP contribution in [-0.4, -0.2) is 20.6 Å². The minimum atomic E-state index is -0.698. The fraction of sp³-hybridized carbons (Fsp3) is 0.333. The number of carbonyl (C=O) groups is 1. The molecule has 0 fully saturated rings. The molecule has 0 bridgehead atoms. The van der Waals surface area contributed by atoms with Gasteiger partial charge in [0.2, 0.25) is 5.91 Å². The van der Waals surface area contributed by atoms with Crippen LogP contribution in [0, 0.1) is 5.82 Å². The van der Waals surface area contributed by atoms with Gasteiger partial charge >= 0.3 is 0 Å². The number of nitrogens with one attached hydrogen (secondary N) is 1. The number of aryl methyl sites for hydroxylation is 1. The smallest absolute Gasteiger partial charge is 0.240 e. The highest BCUT2D eigenvalue weighted by Crippen LogP contribution is 2.20. The Hall–Kier alpha value is -2.37. The molecule has 21 heavy (non-hydrogen) atoms. The molecule has 1 aromatic heterocycles. The van der Waals surface area contributed by atoms with Gasteiger partial charge in [0.05, 0.1) is 6.04 Å². The number of rotatable bonds is 5. The Morgan fingerprint density at radius 1 is 1.52 bits per heavy atom. The number of hydrogen-bond acceptors (Lipinski definition) is 3. The van der Waals surface area contributed by atoms with Gasteiger partial charge in [-0.15, -0.1) is 0 Å². The average Bonchev–Trinajstić information content (AvgIpc) is 2.88.